The molecule has 2 N–H and O–H groups in total. The molecule has 0 fully saturated rings. The van der Waals surface area contributed by atoms with Gasteiger partial charge in [-0.2, -0.15) is 5.10 Å². The van der Waals surface area contributed by atoms with E-state index in [2.05, 4.69) is 15.8 Å². The zero-order valence-corrected chi connectivity index (χ0v) is 19.4. The molecule has 0 heterocycles. The molecule has 0 saturated heterocycles. The molecule has 7 heteroatoms. The van der Waals surface area contributed by atoms with E-state index in [0.29, 0.717) is 16.3 Å². The Morgan fingerprint density at radius 3 is 2.12 bits per heavy atom. The van der Waals surface area contributed by atoms with Crippen LogP contribution in [0.5, 0.6) is 0 Å². The van der Waals surface area contributed by atoms with Gasteiger partial charge in [0.1, 0.15) is 5.70 Å². The van der Waals surface area contributed by atoms with Gasteiger partial charge in [-0.05, 0) is 60.5 Å². The van der Waals surface area contributed by atoms with E-state index in [9.17, 15) is 9.59 Å². The van der Waals surface area contributed by atoms with Gasteiger partial charge in [-0.3, -0.25) is 9.59 Å². The largest absolute Gasteiger partial charge is 0.378 e. The van der Waals surface area contributed by atoms with Crippen LogP contribution in [0.1, 0.15) is 28.4 Å². The zero-order valence-electron chi connectivity index (χ0n) is 18.7. The van der Waals surface area contributed by atoms with Gasteiger partial charge in [0.2, 0.25) is 0 Å². The van der Waals surface area contributed by atoms with Crippen LogP contribution in [-0.2, 0) is 4.79 Å². The molecule has 3 aromatic rings. The molecule has 168 valence electrons. The molecular formula is C26H25ClN4O2. The van der Waals surface area contributed by atoms with Crippen molar-refractivity contribution in [2.24, 2.45) is 5.10 Å². The lowest BCUT2D eigenvalue weighted by Gasteiger charge is -2.13. The maximum atomic E-state index is 12.9. The fraction of sp³-hybridized carbons (Fsp3) is 0.115. The van der Waals surface area contributed by atoms with Crippen LogP contribution in [0.15, 0.2) is 89.7 Å². The molecule has 0 unspecified atom stereocenters. The van der Waals surface area contributed by atoms with Crippen LogP contribution in [0.25, 0.3) is 6.08 Å². The summed E-state index contributed by atoms with van der Waals surface area (Å²) in [6, 6.07) is 23.4. The first-order valence-electron chi connectivity index (χ1n) is 10.3. The Labute approximate surface area is 198 Å². The Balaban J connectivity index is 1.84. The Morgan fingerprint density at radius 2 is 1.52 bits per heavy atom. The Hall–Kier alpha value is -3.90. The van der Waals surface area contributed by atoms with Crippen LogP contribution in [0.4, 0.5) is 5.69 Å². The number of rotatable bonds is 7. The lowest BCUT2D eigenvalue weighted by atomic mass is 10.1. The molecule has 33 heavy (non-hydrogen) atoms. The van der Waals surface area contributed by atoms with E-state index >= 15 is 0 Å². The predicted octanol–water partition coefficient (Wildman–Crippen LogP) is 4.72. The molecule has 0 aliphatic heterocycles. The highest BCUT2D eigenvalue weighted by Gasteiger charge is 2.14. The number of benzene rings is 3. The normalized spacial score (nSPS) is 11.6. The Bertz CT molecular complexity index is 1170. The maximum Gasteiger partial charge on any atom is 0.287 e. The number of nitrogens with one attached hydrogen (secondary N) is 2. The van der Waals surface area contributed by atoms with Gasteiger partial charge in [0.15, 0.2) is 0 Å². The molecule has 6 nitrogen and oxygen atoms in total. The SMILES string of the molecule is C/C(=N\NC(=O)/C(=C/c1ccc(N(C)C)cc1)NC(=O)c1ccccc1)c1ccc(Cl)cc1. The van der Waals surface area contributed by atoms with E-state index in [4.69, 9.17) is 11.6 Å². The first-order chi connectivity index (χ1) is 15.8. The number of hydrogen-bond donors (Lipinski definition) is 2. The van der Waals surface area contributed by atoms with E-state index < -0.39 is 5.91 Å². The minimum atomic E-state index is -0.538. The Morgan fingerprint density at radius 1 is 0.879 bits per heavy atom. The fourth-order valence-electron chi connectivity index (χ4n) is 2.93. The molecule has 0 aromatic heterocycles. The van der Waals surface area contributed by atoms with Crippen molar-refractivity contribution >= 4 is 40.9 Å². The highest BCUT2D eigenvalue weighted by Crippen LogP contribution is 2.15. The zero-order chi connectivity index (χ0) is 23.8. The third-order valence-electron chi connectivity index (χ3n) is 4.84. The van der Waals surface area contributed by atoms with E-state index in [1.165, 1.54) is 0 Å². The van der Waals surface area contributed by atoms with Gasteiger partial charge in [0.25, 0.3) is 11.8 Å². The van der Waals surface area contributed by atoms with Gasteiger partial charge in [-0.1, -0.05) is 54.1 Å². The number of anilines is 1. The van der Waals surface area contributed by atoms with Crippen LogP contribution in [0.3, 0.4) is 0 Å². The summed E-state index contributed by atoms with van der Waals surface area (Å²) in [6.07, 6.45) is 1.61. The van der Waals surface area contributed by atoms with Gasteiger partial charge in [0, 0.05) is 30.4 Å². The minimum absolute atomic E-state index is 0.0779. The lowest BCUT2D eigenvalue weighted by Crippen LogP contribution is -2.33. The van der Waals surface area contributed by atoms with E-state index in [-0.39, 0.29) is 11.6 Å². The second-order valence-corrected chi connectivity index (χ2v) is 7.95. The number of halogens is 1. The van der Waals surface area contributed by atoms with E-state index in [0.717, 1.165) is 16.8 Å². The van der Waals surface area contributed by atoms with Gasteiger partial charge in [-0.25, -0.2) is 5.43 Å². The van der Waals surface area contributed by atoms with Crippen LogP contribution >= 0.6 is 11.6 Å². The van der Waals surface area contributed by atoms with Crippen molar-refractivity contribution < 1.29 is 9.59 Å². The topological polar surface area (TPSA) is 73.8 Å². The van der Waals surface area contributed by atoms with Crippen molar-refractivity contribution in [1.82, 2.24) is 10.7 Å². The number of nitrogens with zero attached hydrogens (tertiary/aromatic N) is 2. The first kappa shape index (κ1) is 23.8. The molecule has 0 bridgehead atoms. The highest BCUT2D eigenvalue weighted by atomic mass is 35.5. The third-order valence-corrected chi connectivity index (χ3v) is 5.09. The van der Waals surface area contributed by atoms with Crippen molar-refractivity contribution in [3.63, 3.8) is 0 Å². The number of hydrazone groups is 1. The van der Waals surface area contributed by atoms with Gasteiger partial charge in [0.05, 0.1) is 5.71 Å². The number of carbonyl (C=O) groups excluding carboxylic acids is 2. The van der Waals surface area contributed by atoms with Crippen molar-refractivity contribution in [2.45, 2.75) is 6.92 Å². The monoisotopic (exact) mass is 460 g/mol. The van der Waals surface area contributed by atoms with Gasteiger partial charge in [-0.15, -0.1) is 0 Å². The first-order valence-corrected chi connectivity index (χ1v) is 10.7. The molecule has 0 aliphatic rings. The molecule has 3 aromatic carbocycles. The molecule has 0 atom stereocenters. The van der Waals surface area contributed by atoms with Crippen LogP contribution < -0.4 is 15.6 Å². The average molecular weight is 461 g/mol. The maximum absolute atomic E-state index is 12.9. The molecule has 0 radical (unpaired) electrons. The average Bonchev–Trinajstić information content (AvgIpc) is 2.83. The van der Waals surface area contributed by atoms with Crippen LogP contribution in [0.2, 0.25) is 5.02 Å². The summed E-state index contributed by atoms with van der Waals surface area (Å²) in [5.74, 6) is -0.926. The molecule has 0 spiro atoms. The number of amides is 2. The molecular weight excluding hydrogens is 436 g/mol. The summed E-state index contributed by atoms with van der Waals surface area (Å²) < 4.78 is 0. The number of hydrogen-bond acceptors (Lipinski definition) is 4. The van der Waals surface area contributed by atoms with Crippen LogP contribution in [0, 0.1) is 0 Å². The number of carbonyl (C=O) groups is 2. The summed E-state index contributed by atoms with van der Waals surface area (Å²) in [6.45, 7) is 1.77. The smallest absolute Gasteiger partial charge is 0.287 e. The van der Waals surface area contributed by atoms with Crippen molar-refractivity contribution in [1.29, 1.82) is 0 Å². The van der Waals surface area contributed by atoms with Crippen molar-refractivity contribution in [2.75, 3.05) is 19.0 Å². The third kappa shape index (κ3) is 6.79. The second kappa shape index (κ2) is 11.1. The summed E-state index contributed by atoms with van der Waals surface area (Å²) >= 11 is 5.93. The second-order valence-electron chi connectivity index (χ2n) is 7.51. The summed E-state index contributed by atoms with van der Waals surface area (Å²) in [4.78, 5) is 27.6. The minimum Gasteiger partial charge on any atom is -0.378 e. The molecule has 0 saturated carbocycles. The fourth-order valence-corrected chi connectivity index (χ4v) is 3.05. The summed E-state index contributed by atoms with van der Waals surface area (Å²) in [5.41, 5.74) is 6.25. The lowest BCUT2D eigenvalue weighted by molar-refractivity contribution is -0.117. The highest BCUT2D eigenvalue weighted by molar-refractivity contribution is 6.30. The predicted molar refractivity (Wildman–Crippen MR) is 134 cm³/mol. The molecule has 0 aliphatic carbocycles. The van der Waals surface area contributed by atoms with Gasteiger partial charge >= 0.3 is 0 Å². The van der Waals surface area contributed by atoms with E-state index in [1.807, 2.05) is 61.5 Å². The van der Waals surface area contributed by atoms with Crippen LogP contribution in [-0.4, -0.2) is 31.6 Å². The van der Waals surface area contributed by atoms with Crippen molar-refractivity contribution in [3.05, 3.63) is 106 Å². The molecule has 3 rings (SSSR count). The van der Waals surface area contributed by atoms with Crippen molar-refractivity contribution in [3.8, 4) is 0 Å². The van der Waals surface area contributed by atoms with Gasteiger partial charge < -0.3 is 10.2 Å². The Kier molecular flexibility index (Phi) is 8.00. The standard InChI is InChI=1S/C26H25ClN4O2/c1-18(20-11-13-22(27)14-12-20)29-30-26(33)24(28-25(32)21-7-5-4-6-8-21)17-19-9-15-23(16-10-19)31(2)3/h4-17H,1-3H3,(H,28,32)(H,30,33)/b24-17-,29-18+. The molecule has 2 amide bonds. The summed E-state index contributed by atoms with van der Waals surface area (Å²) in [7, 11) is 3.90. The summed E-state index contributed by atoms with van der Waals surface area (Å²) in [5, 5.41) is 7.50. The quantitative estimate of drug-likeness (QED) is 0.304. The van der Waals surface area contributed by atoms with E-state index in [1.54, 1.807) is 49.4 Å².